The molecular weight excluding hydrogens is 358 g/mol. The van der Waals surface area contributed by atoms with Gasteiger partial charge in [-0.15, -0.1) is 0 Å². The molecule has 142 valence electrons. The summed E-state index contributed by atoms with van der Waals surface area (Å²) in [6.45, 7) is 2.13. The number of hydrogen-bond acceptors (Lipinski definition) is 7. The molecule has 0 aromatic carbocycles. The van der Waals surface area contributed by atoms with Crippen molar-refractivity contribution in [1.82, 2.24) is 20.4 Å². The maximum absolute atomic E-state index is 12.9. The molecule has 1 N–H and O–H groups in total. The Kier molecular flexibility index (Phi) is 4.52. The number of furan rings is 1. The van der Waals surface area contributed by atoms with Gasteiger partial charge in [-0.3, -0.25) is 4.79 Å². The Bertz CT molecular complexity index is 1110. The average molecular weight is 377 g/mol. The number of nitrogens with zero attached hydrogens (tertiary/aromatic N) is 4. The first-order valence-electron chi connectivity index (χ1n) is 8.74. The fourth-order valence-electron chi connectivity index (χ4n) is 2.89. The van der Waals surface area contributed by atoms with Crippen molar-refractivity contribution in [2.75, 3.05) is 19.0 Å². The van der Waals surface area contributed by atoms with E-state index in [1.807, 2.05) is 31.1 Å². The van der Waals surface area contributed by atoms with Crippen LogP contribution in [0.2, 0.25) is 0 Å². The molecule has 0 unspecified atom stereocenters. The zero-order valence-corrected chi connectivity index (χ0v) is 15.8. The third kappa shape index (κ3) is 3.32. The van der Waals surface area contributed by atoms with Crippen LogP contribution in [0, 0.1) is 6.92 Å². The molecule has 8 nitrogen and oxygen atoms in total. The highest BCUT2D eigenvalue weighted by Gasteiger charge is 2.20. The van der Waals surface area contributed by atoms with E-state index >= 15 is 0 Å². The molecule has 0 aliphatic rings. The van der Waals surface area contributed by atoms with Crippen LogP contribution >= 0.6 is 0 Å². The van der Waals surface area contributed by atoms with Crippen molar-refractivity contribution in [3.05, 3.63) is 59.6 Å². The minimum Gasteiger partial charge on any atom is -0.463 e. The van der Waals surface area contributed by atoms with Gasteiger partial charge in [-0.2, -0.15) is 0 Å². The van der Waals surface area contributed by atoms with Gasteiger partial charge in [-0.05, 0) is 36.8 Å². The van der Waals surface area contributed by atoms with Crippen LogP contribution in [-0.4, -0.2) is 35.1 Å². The molecule has 0 aliphatic heterocycles. The van der Waals surface area contributed by atoms with Crippen molar-refractivity contribution in [1.29, 1.82) is 0 Å². The highest BCUT2D eigenvalue weighted by atomic mass is 16.5. The standard InChI is InChI=1S/C20H19N5O3/c1-12-18-14(9-15(16-5-4-8-27-16)23-20(18)28-24-12)19(26)22-11-13-6-7-17(21-10-13)25(2)3/h4-10H,11H2,1-3H3,(H,22,26). The first kappa shape index (κ1) is 17.7. The Hall–Kier alpha value is -3.68. The molecule has 0 aliphatic carbocycles. The molecular formula is C20H19N5O3. The van der Waals surface area contributed by atoms with Gasteiger partial charge in [0.2, 0.25) is 0 Å². The van der Waals surface area contributed by atoms with E-state index < -0.39 is 0 Å². The van der Waals surface area contributed by atoms with Crippen molar-refractivity contribution >= 4 is 22.8 Å². The van der Waals surface area contributed by atoms with Crippen molar-refractivity contribution in [3.8, 4) is 11.5 Å². The minimum absolute atomic E-state index is 0.247. The summed E-state index contributed by atoms with van der Waals surface area (Å²) in [4.78, 5) is 23.6. The summed E-state index contributed by atoms with van der Waals surface area (Å²) in [5.74, 6) is 1.16. The topological polar surface area (TPSA) is 97.3 Å². The molecule has 0 radical (unpaired) electrons. The Morgan fingerprint density at radius 3 is 2.79 bits per heavy atom. The molecule has 8 heteroatoms. The average Bonchev–Trinajstić information content (AvgIpc) is 3.36. The predicted octanol–water partition coefficient (Wildman–Crippen LogP) is 3.18. The number of nitrogens with one attached hydrogen (secondary N) is 1. The molecule has 28 heavy (non-hydrogen) atoms. The predicted molar refractivity (Wildman–Crippen MR) is 104 cm³/mol. The Morgan fingerprint density at radius 1 is 1.25 bits per heavy atom. The third-order valence-corrected chi connectivity index (χ3v) is 4.36. The number of pyridine rings is 2. The van der Waals surface area contributed by atoms with Crippen LogP contribution in [0.3, 0.4) is 0 Å². The summed E-state index contributed by atoms with van der Waals surface area (Å²) >= 11 is 0. The van der Waals surface area contributed by atoms with Crippen LogP contribution in [0.15, 0.2) is 51.7 Å². The number of rotatable bonds is 5. The lowest BCUT2D eigenvalue weighted by Gasteiger charge is -2.12. The third-order valence-electron chi connectivity index (χ3n) is 4.36. The Balaban J connectivity index is 1.62. The molecule has 4 aromatic heterocycles. The quantitative estimate of drug-likeness (QED) is 0.570. The minimum atomic E-state index is -0.247. The highest BCUT2D eigenvalue weighted by molar-refractivity contribution is 6.06. The maximum atomic E-state index is 12.9. The largest absolute Gasteiger partial charge is 0.463 e. The van der Waals surface area contributed by atoms with Gasteiger partial charge >= 0.3 is 0 Å². The smallest absolute Gasteiger partial charge is 0.259 e. The lowest BCUT2D eigenvalue weighted by Crippen LogP contribution is -2.23. The zero-order chi connectivity index (χ0) is 19.7. The van der Waals surface area contributed by atoms with Gasteiger partial charge in [0, 0.05) is 26.8 Å². The number of amides is 1. The van der Waals surface area contributed by atoms with Crippen LogP contribution in [0.5, 0.6) is 0 Å². The molecule has 0 atom stereocenters. The normalized spacial score (nSPS) is 11.0. The molecule has 0 fully saturated rings. The molecule has 0 bridgehead atoms. The van der Waals surface area contributed by atoms with Gasteiger partial charge in [-0.1, -0.05) is 11.2 Å². The number of hydrogen-bond donors (Lipinski definition) is 1. The molecule has 1 amide bonds. The molecule has 0 saturated carbocycles. The Labute approximate surface area is 161 Å². The van der Waals surface area contributed by atoms with Crippen LogP contribution in [0.1, 0.15) is 21.6 Å². The molecule has 0 spiro atoms. The van der Waals surface area contributed by atoms with E-state index in [2.05, 4.69) is 20.4 Å². The second-order valence-corrected chi connectivity index (χ2v) is 6.58. The van der Waals surface area contributed by atoms with Crippen molar-refractivity contribution in [2.24, 2.45) is 0 Å². The van der Waals surface area contributed by atoms with Gasteiger partial charge in [0.15, 0.2) is 5.76 Å². The van der Waals surface area contributed by atoms with Crippen LogP contribution < -0.4 is 10.2 Å². The first-order valence-corrected chi connectivity index (χ1v) is 8.74. The summed E-state index contributed by atoms with van der Waals surface area (Å²) in [6.07, 6.45) is 3.30. The fourth-order valence-corrected chi connectivity index (χ4v) is 2.89. The van der Waals surface area contributed by atoms with Gasteiger partial charge in [0.1, 0.15) is 11.5 Å². The van der Waals surface area contributed by atoms with Crippen LogP contribution in [-0.2, 0) is 6.54 Å². The van der Waals surface area contributed by atoms with Gasteiger partial charge < -0.3 is 19.2 Å². The fraction of sp³-hybridized carbons (Fsp3) is 0.200. The highest BCUT2D eigenvalue weighted by Crippen LogP contribution is 2.27. The van der Waals surface area contributed by atoms with E-state index in [1.165, 1.54) is 0 Å². The van der Waals surface area contributed by atoms with E-state index in [9.17, 15) is 4.79 Å². The number of aryl methyl sites for hydroxylation is 1. The van der Waals surface area contributed by atoms with E-state index in [1.54, 1.807) is 37.6 Å². The maximum Gasteiger partial charge on any atom is 0.259 e. The monoisotopic (exact) mass is 377 g/mol. The number of anilines is 1. The van der Waals surface area contributed by atoms with Gasteiger partial charge in [0.25, 0.3) is 11.6 Å². The first-order chi connectivity index (χ1) is 13.5. The van der Waals surface area contributed by atoms with Crippen LogP contribution in [0.4, 0.5) is 5.82 Å². The van der Waals surface area contributed by atoms with Crippen molar-refractivity contribution in [2.45, 2.75) is 13.5 Å². The lowest BCUT2D eigenvalue weighted by molar-refractivity contribution is 0.0952. The van der Waals surface area contributed by atoms with Crippen molar-refractivity contribution in [3.63, 3.8) is 0 Å². The van der Waals surface area contributed by atoms with E-state index in [-0.39, 0.29) is 5.91 Å². The lowest BCUT2D eigenvalue weighted by atomic mass is 10.1. The van der Waals surface area contributed by atoms with E-state index in [0.717, 1.165) is 11.4 Å². The number of carbonyl (C=O) groups is 1. The summed E-state index contributed by atoms with van der Waals surface area (Å²) in [5.41, 5.74) is 2.76. The van der Waals surface area contributed by atoms with Crippen LogP contribution in [0.25, 0.3) is 22.6 Å². The van der Waals surface area contributed by atoms with E-state index in [4.69, 9.17) is 8.94 Å². The van der Waals surface area contributed by atoms with E-state index in [0.29, 0.717) is 40.4 Å². The number of aromatic nitrogens is 3. The molecule has 0 saturated heterocycles. The second-order valence-electron chi connectivity index (χ2n) is 6.58. The SMILES string of the molecule is Cc1noc2nc(-c3ccco3)cc(C(=O)NCc3ccc(N(C)C)nc3)c12. The van der Waals surface area contributed by atoms with Gasteiger partial charge in [0.05, 0.1) is 22.9 Å². The summed E-state index contributed by atoms with van der Waals surface area (Å²) < 4.78 is 10.7. The number of fused-ring (bicyclic) bond motifs is 1. The van der Waals surface area contributed by atoms with Gasteiger partial charge in [-0.25, -0.2) is 9.97 Å². The number of carbonyl (C=O) groups excluding carboxylic acids is 1. The molecule has 4 heterocycles. The second kappa shape index (κ2) is 7.15. The summed E-state index contributed by atoms with van der Waals surface area (Å²) in [7, 11) is 3.85. The zero-order valence-electron chi connectivity index (χ0n) is 15.8. The van der Waals surface area contributed by atoms with Crippen molar-refractivity contribution < 1.29 is 13.7 Å². The molecule has 4 rings (SSSR count). The summed E-state index contributed by atoms with van der Waals surface area (Å²) in [6, 6.07) is 9.07. The summed E-state index contributed by atoms with van der Waals surface area (Å²) in [5, 5.41) is 7.46. The Morgan fingerprint density at radius 2 is 2.11 bits per heavy atom. The molecule has 4 aromatic rings.